The van der Waals surface area contributed by atoms with Crippen LogP contribution in [0.4, 0.5) is 0 Å². The maximum absolute atomic E-state index is 12.1. The summed E-state index contributed by atoms with van der Waals surface area (Å²) in [6, 6.07) is -0.121. The molecule has 0 radical (unpaired) electrons. The van der Waals surface area contributed by atoms with E-state index in [2.05, 4.69) is 12.0 Å². The quantitative estimate of drug-likeness (QED) is 0.883. The van der Waals surface area contributed by atoms with Crippen molar-refractivity contribution in [1.82, 2.24) is 14.7 Å². The van der Waals surface area contributed by atoms with Gasteiger partial charge in [-0.2, -0.15) is 5.10 Å². The van der Waals surface area contributed by atoms with Gasteiger partial charge in [-0.25, -0.2) is 0 Å². The molecule has 6 nitrogen and oxygen atoms in total. The third kappa shape index (κ3) is 2.19. The van der Waals surface area contributed by atoms with Crippen LogP contribution in [0.2, 0.25) is 0 Å². The second kappa shape index (κ2) is 4.92. The first kappa shape index (κ1) is 13.1. The molecule has 2 aliphatic rings. The fourth-order valence-electron chi connectivity index (χ4n) is 3.04. The van der Waals surface area contributed by atoms with E-state index >= 15 is 0 Å². The number of nitrogens with zero attached hydrogens (tertiary/aromatic N) is 3. The van der Waals surface area contributed by atoms with Gasteiger partial charge in [-0.3, -0.25) is 14.3 Å². The average Bonchev–Trinajstić information content (AvgIpc) is 3.02. The number of aryl methyl sites for hydroxylation is 1. The summed E-state index contributed by atoms with van der Waals surface area (Å²) in [5.41, 5.74) is 0.851. The monoisotopic (exact) mass is 277 g/mol. The maximum Gasteiger partial charge on any atom is 0.309 e. The minimum absolute atomic E-state index is 0.0341. The Bertz CT molecular complexity index is 536. The summed E-state index contributed by atoms with van der Waals surface area (Å²) in [6.45, 7) is 2.87. The molecule has 0 spiro atoms. The predicted molar refractivity (Wildman–Crippen MR) is 70.9 cm³/mol. The summed E-state index contributed by atoms with van der Waals surface area (Å²) < 4.78 is 1.82. The van der Waals surface area contributed by atoms with E-state index < -0.39 is 11.9 Å². The Morgan fingerprint density at radius 1 is 1.50 bits per heavy atom. The van der Waals surface area contributed by atoms with Gasteiger partial charge in [-0.05, 0) is 19.3 Å². The number of carbonyl (C=O) groups is 2. The highest BCUT2D eigenvalue weighted by atomic mass is 16.4. The molecule has 20 heavy (non-hydrogen) atoms. The molecule has 1 saturated heterocycles. The normalized spacial score (nSPS) is 26.2. The lowest BCUT2D eigenvalue weighted by molar-refractivity contribution is -0.142. The minimum atomic E-state index is -0.894. The zero-order chi connectivity index (χ0) is 14.3. The number of carboxylic acids is 1. The molecule has 2 heterocycles. The van der Waals surface area contributed by atoms with E-state index in [0.29, 0.717) is 0 Å². The molecule has 1 aliphatic carbocycles. The molecule has 1 N–H and O–H groups in total. The van der Waals surface area contributed by atoms with Crippen LogP contribution >= 0.6 is 0 Å². The smallest absolute Gasteiger partial charge is 0.309 e. The Labute approximate surface area is 117 Å². The molecular formula is C14H19N3O3. The topological polar surface area (TPSA) is 75.4 Å². The van der Waals surface area contributed by atoms with Gasteiger partial charge in [0.15, 0.2) is 0 Å². The molecule has 0 aromatic carbocycles. The van der Waals surface area contributed by atoms with Crippen LogP contribution in [0.5, 0.6) is 0 Å². The molecule has 1 aromatic heterocycles. The van der Waals surface area contributed by atoms with Crippen LogP contribution in [-0.4, -0.2) is 37.7 Å². The van der Waals surface area contributed by atoms with Crippen molar-refractivity contribution in [3.63, 3.8) is 0 Å². The fourth-order valence-corrected chi connectivity index (χ4v) is 3.04. The summed E-state index contributed by atoms with van der Waals surface area (Å²) in [5, 5.41) is 13.7. The van der Waals surface area contributed by atoms with Crippen molar-refractivity contribution in [1.29, 1.82) is 0 Å². The molecule has 2 atom stereocenters. The summed E-state index contributed by atoms with van der Waals surface area (Å²) in [5.74, 6) is -1.58. The number of rotatable bonds is 5. The molecule has 3 rings (SSSR count). The molecule has 6 heteroatoms. The van der Waals surface area contributed by atoms with Crippen molar-refractivity contribution < 1.29 is 14.7 Å². The Morgan fingerprint density at radius 2 is 2.25 bits per heavy atom. The standard InChI is InChI=1S/C14H19N3O3/c1-2-5-16-8-9(7-15-16)13-11(14(19)20)6-12(18)17(13)10-3-4-10/h7-8,10-11,13H,2-6H2,1H3,(H,19,20). The van der Waals surface area contributed by atoms with Crippen LogP contribution in [0.3, 0.4) is 0 Å². The van der Waals surface area contributed by atoms with Crippen molar-refractivity contribution in [2.75, 3.05) is 0 Å². The van der Waals surface area contributed by atoms with E-state index in [9.17, 15) is 14.7 Å². The van der Waals surface area contributed by atoms with Gasteiger partial charge in [-0.15, -0.1) is 0 Å². The lowest BCUT2D eigenvalue weighted by Crippen LogP contribution is -2.32. The van der Waals surface area contributed by atoms with Gasteiger partial charge < -0.3 is 10.0 Å². The SMILES string of the molecule is CCCn1cc(C2C(C(=O)O)CC(=O)N2C2CC2)cn1. The Morgan fingerprint density at radius 3 is 2.85 bits per heavy atom. The second-order valence-electron chi connectivity index (χ2n) is 5.66. The first-order chi connectivity index (χ1) is 9.61. The van der Waals surface area contributed by atoms with Gasteiger partial charge in [0, 0.05) is 30.8 Å². The number of carbonyl (C=O) groups excluding carboxylic acids is 1. The Kier molecular flexibility index (Phi) is 3.23. The fraction of sp³-hybridized carbons (Fsp3) is 0.643. The summed E-state index contributed by atoms with van der Waals surface area (Å²) in [6.07, 6.45) is 6.65. The van der Waals surface area contributed by atoms with Gasteiger partial charge in [0.05, 0.1) is 18.2 Å². The molecule has 2 unspecified atom stereocenters. The van der Waals surface area contributed by atoms with Crippen molar-refractivity contribution in [2.24, 2.45) is 5.92 Å². The van der Waals surface area contributed by atoms with E-state index in [-0.39, 0.29) is 24.4 Å². The molecule has 1 saturated carbocycles. The van der Waals surface area contributed by atoms with Crippen LogP contribution in [0.25, 0.3) is 0 Å². The number of aliphatic carboxylic acids is 1. The second-order valence-corrected chi connectivity index (χ2v) is 5.66. The number of likely N-dealkylation sites (tertiary alicyclic amines) is 1. The van der Waals surface area contributed by atoms with Crippen molar-refractivity contribution in [2.45, 2.75) is 51.2 Å². The highest BCUT2D eigenvalue weighted by Gasteiger charge is 2.50. The molecular weight excluding hydrogens is 258 g/mol. The number of amides is 1. The first-order valence-electron chi connectivity index (χ1n) is 7.18. The lowest BCUT2D eigenvalue weighted by Gasteiger charge is -2.25. The van der Waals surface area contributed by atoms with Crippen molar-refractivity contribution in [3.8, 4) is 0 Å². The van der Waals surface area contributed by atoms with Crippen LogP contribution in [-0.2, 0) is 16.1 Å². The lowest BCUT2D eigenvalue weighted by atomic mass is 9.96. The highest BCUT2D eigenvalue weighted by Crippen LogP contribution is 2.44. The van der Waals surface area contributed by atoms with Crippen LogP contribution in [0.1, 0.15) is 44.2 Å². The Balaban J connectivity index is 1.91. The number of hydrogen-bond acceptors (Lipinski definition) is 3. The number of aromatic nitrogens is 2. The Hall–Kier alpha value is -1.85. The molecule has 0 bridgehead atoms. The zero-order valence-electron chi connectivity index (χ0n) is 11.5. The summed E-state index contributed by atoms with van der Waals surface area (Å²) in [7, 11) is 0. The van der Waals surface area contributed by atoms with E-state index in [0.717, 1.165) is 31.4 Å². The number of hydrogen-bond donors (Lipinski definition) is 1. The van der Waals surface area contributed by atoms with Gasteiger partial charge >= 0.3 is 5.97 Å². The molecule has 2 fully saturated rings. The van der Waals surface area contributed by atoms with E-state index in [4.69, 9.17) is 0 Å². The molecule has 1 aliphatic heterocycles. The summed E-state index contributed by atoms with van der Waals surface area (Å²) >= 11 is 0. The minimum Gasteiger partial charge on any atom is -0.481 e. The molecule has 108 valence electrons. The third-order valence-corrected chi connectivity index (χ3v) is 4.07. The first-order valence-corrected chi connectivity index (χ1v) is 7.18. The zero-order valence-corrected chi connectivity index (χ0v) is 11.5. The van der Waals surface area contributed by atoms with E-state index in [1.807, 2.05) is 10.9 Å². The van der Waals surface area contributed by atoms with Crippen molar-refractivity contribution in [3.05, 3.63) is 18.0 Å². The van der Waals surface area contributed by atoms with Gasteiger partial charge in [0.2, 0.25) is 5.91 Å². The van der Waals surface area contributed by atoms with E-state index in [1.54, 1.807) is 11.1 Å². The third-order valence-electron chi connectivity index (χ3n) is 4.07. The molecule has 1 aromatic rings. The van der Waals surface area contributed by atoms with Gasteiger partial charge in [0.25, 0.3) is 0 Å². The highest BCUT2D eigenvalue weighted by molar-refractivity contribution is 5.87. The van der Waals surface area contributed by atoms with Gasteiger partial charge in [-0.1, -0.05) is 6.92 Å². The van der Waals surface area contributed by atoms with Crippen molar-refractivity contribution >= 4 is 11.9 Å². The number of carboxylic acid groups (broad SMARTS) is 1. The van der Waals surface area contributed by atoms with E-state index in [1.165, 1.54) is 0 Å². The van der Waals surface area contributed by atoms with Crippen LogP contribution < -0.4 is 0 Å². The molecule has 1 amide bonds. The largest absolute Gasteiger partial charge is 0.481 e. The van der Waals surface area contributed by atoms with Crippen LogP contribution in [0, 0.1) is 5.92 Å². The summed E-state index contributed by atoms with van der Waals surface area (Å²) in [4.78, 5) is 25.4. The van der Waals surface area contributed by atoms with Crippen LogP contribution in [0.15, 0.2) is 12.4 Å². The average molecular weight is 277 g/mol. The van der Waals surface area contributed by atoms with Gasteiger partial charge in [0.1, 0.15) is 0 Å². The predicted octanol–water partition coefficient (Wildman–Crippen LogP) is 1.43. The maximum atomic E-state index is 12.1.